The molecule has 0 saturated carbocycles. The molecule has 0 N–H and O–H groups in total. The molecule has 0 saturated heterocycles. The quantitative estimate of drug-likeness (QED) is 0.460. The molecule has 142 valence electrons. The van der Waals surface area contributed by atoms with Crippen molar-refractivity contribution < 1.29 is 17.4 Å². The van der Waals surface area contributed by atoms with Crippen molar-refractivity contribution in [1.82, 2.24) is 10.1 Å². The molecule has 0 spiro atoms. The van der Waals surface area contributed by atoms with Crippen LogP contribution in [0.1, 0.15) is 11.3 Å². The van der Waals surface area contributed by atoms with Crippen LogP contribution in [0.5, 0.6) is 0 Å². The standard InChI is InChI=1S/C20H15ClN2O4S/c1-13-4-2-3-5-17(13)19-22-20(27-23-19)18-11-8-15(26-18)12-28(24,25)16-9-6-14(21)7-10-16/h2-11H,12H2,1H3. The van der Waals surface area contributed by atoms with Crippen molar-refractivity contribution in [3.63, 3.8) is 0 Å². The molecule has 0 aliphatic heterocycles. The van der Waals surface area contributed by atoms with E-state index in [1.165, 1.54) is 24.3 Å². The maximum atomic E-state index is 12.5. The van der Waals surface area contributed by atoms with Crippen LogP contribution in [0.25, 0.3) is 23.0 Å². The number of aryl methyl sites for hydroxylation is 1. The zero-order valence-corrected chi connectivity index (χ0v) is 16.4. The van der Waals surface area contributed by atoms with E-state index in [0.29, 0.717) is 16.6 Å². The lowest BCUT2D eigenvalue weighted by Gasteiger charge is -2.02. The second-order valence-corrected chi connectivity index (χ2v) is 8.64. The Hall–Kier alpha value is -2.90. The van der Waals surface area contributed by atoms with Gasteiger partial charge < -0.3 is 8.94 Å². The normalized spacial score (nSPS) is 11.6. The monoisotopic (exact) mass is 414 g/mol. The average Bonchev–Trinajstić information content (AvgIpc) is 3.31. The Kier molecular flexibility index (Phi) is 4.78. The largest absolute Gasteiger partial charge is 0.455 e. The van der Waals surface area contributed by atoms with E-state index < -0.39 is 9.84 Å². The number of hydrogen-bond acceptors (Lipinski definition) is 6. The van der Waals surface area contributed by atoms with Gasteiger partial charge in [-0.05, 0) is 48.9 Å². The Morgan fingerprint density at radius 1 is 1.00 bits per heavy atom. The highest BCUT2D eigenvalue weighted by atomic mass is 35.5. The number of halogens is 1. The van der Waals surface area contributed by atoms with Crippen molar-refractivity contribution in [2.75, 3.05) is 0 Å². The third kappa shape index (κ3) is 3.72. The Balaban J connectivity index is 1.57. The molecule has 2 aromatic carbocycles. The predicted octanol–water partition coefficient (Wildman–Crippen LogP) is 4.93. The van der Waals surface area contributed by atoms with Gasteiger partial charge in [-0.3, -0.25) is 0 Å². The van der Waals surface area contributed by atoms with Crippen LogP contribution < -0.4 is 0 Å². The lowest BCUT2D eigenvalue weighted by Crippen LogP contribution is -2.03. The van der Waals surface area contributed by atoms with E-state index in [9.17, 15) is 8.42 Å². The summed E-state index contributed by atoms with van der Waals surface area (Å²) in [5, 5.41) is 4.46. The first-order valence-corrected chi connectivity index (χ1v) is 10.4. The second kappa shape index (κ2) is 7.26. The van der Waals surface area contributed by atoms with Crippen LogP contribution in [-0.4, -0.2) is 18.6 Å². The molecular formula is C20H15ClN2O4S. The minimum atomic E-state index is -3.56. The Morgan fingerprint density at radius 2 is 1.75 bits per heavy atom. The second-order valence-electron chi connectivity index (χ2n) is 6.22. The maximum Gasteiger partial charge on any atom is 0.293 e. The fourth-order valence-corrected chi connectivity index (χ4v) is 4.11. The first kappa shape index (κ1) is 18.5. The van der Waals surface area contributed by atoms with Gasteiger partial charge in [-0.15, -0.1) is 0 Å². The van der Waals surface area contributed by atoms with Crippen molar-refractivity contribution in [3.8, 4) is 23.0 Å². The van der Waals surface area contributed by atoms with Crippen LogP contribution in [0.3, 0.4) is 0 Å². The Labute approximate surface area is 166 Å². The van der Waals surface area contributed by atoms with Gasteiger partial charge in [0.15, 0.2) is 15.6 Å². The lowest BCUT2D eigenvalue weighted by molar-refractivity contribution is 0.413. The summed E-state index contributed by atoms with van der Waals surface area (Å²) >= 11 is 5.81. The van der Waals surface area contributed by atoms with Crippen LogP contribution in [-0.2, 0) is 15.6 Å². The molecule has 0 radical (unpaired) electrons. The fourth-order valence-electron chi connectivity index (χ4n) is 2.74. The Bertz CT molecular complexity index is 1230. The number of nitrogens with zero attached hydrogens (tertiary/aromatic N) is 2. The van der Waals surface area contributed by atoms with Crippen molar-refractivity contribution in [2.24, 2.45) is 0 Å². The van der Waals surface area contributed by atoms with Crippen LogP contribution in [0, 0.1) is 6.92 Å². The van der Waals surface area contributed by atoms with Gasteiger partial charge in [-0.25, -0.2) is 8.42 Å². The summed E-state index contributed by atoms with van der Waals surface area (Å²) in [7, 11) is -3.56. The van der Waals surface area contributed by atoms with Gasteiger partial charge in [0.1, 0.15) is 11.5 Å². The van der Waals surface area contributed by atoms with E-state index in [1.807, 2.05) is 31.2 Å². The number of furan rings is 1. The first-order chi connectivity index (χ1) is 13.4. The highest BCUT2D eigenvalue weighted by Crippen LogP contribution is 2.27. The molecule has 28 heavy (non-hydrogen) atoms. The molecule has 2 heterocycles. The highest BCUT2D eigenvalue weighted by molar-refractivity contribution is 7.90. The van der Waals surface area contributed by atoms with Crippen LogP contribution in [0.4, 0.5) is 0 Å². The van der Waals surface area contributed by atoms with Gasteiger partial charge in [0.25, 0.3) is 5.89 Å². The summed E-state index contributed by atoms with van der Waals surface area (Å²) in [5.41, 5.74) is 1.87. The maximum absolute atomic E-state index is 12.5. The molecule has 0 amide bonds. The van der Waals surface area contributed by atoms with Crippen molar-refractivity contribution in [1.29, 1.82) is 0 Å². The number of rotatable bonds is 5. The zero-order chi connectivity index (χ0) is 19.7. The molecule has 0 aliphatic carbocycles. The SMILES string of the molecule is Cc1ccccc1-c1noc(-c2ccc(CS(=O)(=O)c3ccc(Cl)cc3)o2)n1. The van der Waals surface area contributed by atoms with E-state index in [1.54, 1.807) is 12.1 Å². The molecule has 2 aromatic heterocycles. The van der Waals surface area contributed by atoms with E-state index in [2.05, 4.69) is 10.1 Å². The smallest absolute Gasteiger partial charge is 0.293 e. The highest BCUT2D eigenvalue weighted by Gasteiger charge is 2.20. The molecular weight excluding hydrogens is 400 g/mol. The minimum Gasteiger partial charge on any atom is -0.455 e. The van der Waals surface area contributed by atoms with Crippen LogP contribution in [0.2, 0.25) is 5.02 Å². The summed E-state index contributed by atoms with van der Waals surface area (Å²) in [4.78, 5) is 4.53. The molecule has 4 rings (SSSR count). The van der Waals surface area contributed by atoms with E-state index in [4.69, 9.17) is 20.5 Å². The van der Waals surface area contributed by atoms with Gasteiger partial charge in [0.05, 0.1) is 4.90 Å². The van der Waals surface area contributed by atoms with Gasteiger partial charge >= 0.3 is 0 Å². The first-order valence-electron chi connectivity index (χ1n) is 8.39. The number of sulfone groups is 1. The van der Waals surface area contributed by atoms with Gasteiger partial charge in [-0.1, -0.05) is 41.0 Å². The van der Waals surface area contributed by atoms with Gasteiger partial charge in [-0.2, -0.15) is 4.98 Å². The zero-order valence-electron chi connectivity index (χ0n) is 14.8. The minimum absolute atomic E-state index is 0.175. The average molecular weight is 415 g/mol. The summed E-state index contributed by atoms with van der Waals surface area (Å²) in [6.07, 6.45) is 0. The number of benzene rings is 2. The van der Waals surface area contributed by atoms with E-state index in [-0.39, 0.29) is 22.3 Å². The third-order valence-electron chi connectivity index (χ3n) is 4.19. The molecule has 0 aliphatic rings. The molecule has 8 heteroatoms. The summed E-state index contributed by atoms with van der Waals surface area (Å²) < 4.78 is 36.0. The Morgan fingerprint density at radius 3 is 2.50 bits per heavy atom. The number of hydrogen-bond donors (Lipinski definition) is 0. The van der Waals surface area contributed by atoms with E-state index in [0.717, 1.165) is 11.1 Å². The topological polar surface area (TPSA) is 86.2 Å². The third-order valence-corrected chi connectivity index (χ3v) is 6.10. The fraction of sp³-hybridized carbons (Fsp3) is 0.100. The van der Waals surface area contributed by atoms with Crippen molar-refractivity contribution in [2.45, 2.75) is 17.6 Å². The molecule has 0 bridgehead atoms. The lowest BCUT2D eigenvalue weighted by atomic mass is 10.1. The summed E-state index contributed by atoms with van der Waals surface area (Å²) in [6, 6.07) is 16.9. The molecule has 4 aromatic rings. The molecule has 0 unspecified atom stereocenters. The van der Waals surface area contributed by atoms with Gasteiger partial charge in [0, 0.05) is 10.6 Å². The molecule has 6 nitrogen and oxygen atoms in total. The van der Waals surface area contributed by atoms with Crippen molar-refractivity contribution in [3.05, 3.63) is 77.0 Å². The molecule has 0 atom stereocenters. The summed E-state index contributed by atoms with van der Waals surface area (Å²) in [5.74, 6) is 0.940. The van der Waals surface area contributed by atoms with Crippen molar-refractivity contribution >= 4 is 21.4 Å². The summed E-state index contributed by atoms with van der Waals surface area (Å²) in [6.45, 7) is 1.96. The van der Waals surface area contributed by atoms with E-state index >= 15 is 0 Å². The van der Waals surface area contributed by atoms with Crippen LogP contribution in [0.15, 0.2) is 74.5 Å². The number of aromatic nitrogens is 2. The van der Waals surface area contributed by atoms with Crippen LogP contribution >= 0.6 is 11.6 Å². The molecule has 0 fully saturated rings. The van der Waals surface area contributed by atoms with Gasteiger partial charge in [0.2, 0.25) is 5.82 Å². The predicted molar refractivity (Wildman–Crippen MR) is 105 cm³/mol.